The number of nitrogens with zero attached hydrogens (tertiary/aromatic N) is 1. The molecule has 6 heteroatoms. The molecule has 2 aromatic carbocycles. The monoisotopic (exact) mass is 327 g/mol. The topological polar surface area (TPSA) is 66.5 Å². The van der Waals surface area contributed by atoms with E-state index in [-0.39, 0.29) is 12.5 Å². The van der Waals surface area contributed by atoms with E-state index in [1.165, 1.54) is 0 Å². The first-order valence-electron chi connectivity index (χ1n) is 6.99. The highest BCUT2D eigenvalue weighted by molar-refractivity contribution is 6.30. The van der Waals surface area contributed by atoms with Crippen molar-refractivity contribution in [3.05, 3.63) is 65.3 Å². The van der Waals surface area contributed by atoms with E-state index < -0.39 is 0 Å². The molecule has 0 radical (unpaired) electrons. The average Bonchev–Trinajstić information content (AvgIpc) is 2.97. The minimum Gasteiger partial charge on any atom is -0.484 e. The molecule has 0 unspecified atom stereocenters. The number of hydrogen-bond donors (Lipinski definition) is 2. The van der Waals surface area contributed by atoms with Gasteiger partial charge in [0.05, 0.1) is 6.21 Å². The fraction of sp³-hybridized carbons (Fsp3) is 0.0588. The molecule has 23 heavy (non-hydrogen) atoms. The second-order valence-electron chi connectivity index (χ2n) is 4.83. The molecule has 0 aliphatic heterocycles. The van der Waals surface area contributed by atoms with E-state index >= 15 is 0 Å². The van der Waals surface area contributed by atoms with Crippen LogP contribution in [0.1, 0.15) is 5.56 Å². The normalized spacial score (nSPS) is 11.0. The fourth-order valence-electron chi connectivity index (χ4n) is 2.11. The molecule has 3 rings (SSSR count). The number of amides is 1. The van der Waals surface area contributed by atoms with Crippen molar-refractivity contribution in [3.63, 3.8) is 0 Å². The second kappa shape index (κ2) is 6.98. The molecule has 0 atom stereocenters. The number of benzene rings is 2. The number of para-hydroxylation sites is 1. The number of aromatic nitrogens is 1. The van der Waals surface area contributed by atoms with Gasteiger partial charge in [0.15, 0.2) is 6.61 Å². The third kappa shape index (κ3) is 3.90. The summed E-state index contributed by atoms with van der Waals surface area (Å²) < 4.78 is 5.33. The van der Waals surface area contributed by atoms with Gasteiger partial charge < -0.3 is 9.72 Å². The van der Waals surface area contributed by atoms with Crippen LogP contribution in [0.15, 0.2) is 59.8 Å². The Bertz CT molecular complexity index is 858. The van der Waals surface area contributed by atoms with Crippen molar-refractivity contribution in [3.8, 4) is 5.75 Å². The Hall–Kier alpha value is -2.79. The lowest BCUT2D eigenvalue weighted by Gasteiger charge is -2.04. The van der Waals surface area contributed by atoms with E-state index in [1.54, 1.807) is 30.5 Å². The molecule has 0 fully saturated rings. The zero-order valence-corrected chi connectivity index (χ0v) is 12.9. The lowest BCUT2D eigenvalue weighted by Crippen LogP contribution is -2.24. The van der Waals surface area contributed by atoms with Gasteiger partial charge in [-0.15, -0.1) is 0 Å². The van der Waals surface area contributed by atoms with Crippen LogP contribution in [0.25, 0.3) is 10.9 Å². The van der Waals surface area contributed by atoms with Crippen molar-refractivity contribution in [2.75, 3.05) is 6.61 Å². The first kappa shape index (κ1) is 15.1. The summed E-state index contributed by atoms with van der Waals surface area (Å²) in [5.74, 6) is 0.189. The van der Waals surface area contributed by atoms with E-state index in [0.29, 0.717) is 10.8 Å². The molecule has 2 N–H and O–H groups in total. The maximum Gasteiger partial charge on any atom is 0.277 e. The molecule has 0 saturated heterocycles. The molecule has 0 saturated carbocycles. The van der Waals surface area contributed by atoms with E-state index in [9.17, 15) is 4.79 Å². The highest BCUT2D eigenvalue weighted by Crippen LogP contribution is 2.17. The average molecular weight is 328 g/mol. The number of hydrogen-bond acceptors (Lipinski definition) is 3. The highest BCUT2D eigenvalue weighted by Gasteiger charge is 2.03. The number of fused-ring (bicyclic) bond motifs is 1. The van der Waals surface area contributed by atoms with Gasteiger partial charge >= 0.3 is 0 Å². The molecule has 0 bridgehead atoms. The van der Waals surface area contributed by atoms with Gasteiger partial charge in [0.1, 0.15) is 5.75 Å². The van der Waals surface area contributed by atoms with Gasteiger partial charge in [-0.1, -0.05) is 35.9 Å². The summed E-state index contributed by atoms with van der Waals surface area (Å²) in [6, 6.07) is 14.7. The zero-order chi connectivity index (χ0) is 16.1. The van der Waals surface area contributed by atoms with Gasteiger partial charge in [-0.05, 0) is 24.3 Å². The summed E-state index contributed by atoms with van der Waals surface area (Å²) in [6.45, 7) is -0.133. The first-order valence-corrected chi connectivity index (χ1v) is 7.36. The third-order valence-electron chi connectivity index (χ3n) is 3.18. The standard InChI is InChI=1S/C17H14ClN3O2/c18-13-4-3-5-14(8-13)23-11-17(22)21-20-10-12-9-19-16-7-2-1-6-15(12)16/h1-10,19H,11H2,(H,21,22)/b20-10-. The summed E-state index contributed by atoms with van der Waals surface area (Å²) in [6.07, 6.45) is 3.43. The number of carbonyl (C=O) groups is 1. The Balaban J connectivity index is 1.54. The predicted molar refractivity (Wildman–Crippen MR) is 91.0 cm³/mol. The quantitative estimate of drug-likeness (QED) is 0.557. The van der Waals surface area contributed by atoms with Crippen LogP contribution in [-0.2, 0) is 4.79 Å². The second-order valence-corrected chi connectivity index (χ2v) is 5.27. The largest absolute Gasteiger partial charge is 0.484 e. The summed E-state index contributed by atoms with van der Waals surface area (Å²) >= 11 is 5.84. The third-order valence-corrected chi connectivity index (χ3v) is 3.42. The predicted octanol–water partition coefficient (Wildman–Crippen LogP) is 3.35. The van der Waals surface area contributed by atoms with Crippen molar-refractivity contribution in [1.29, 1.82) is 0 Å². The zero-order valence-electron chi connectivity index (χ0n) is 12.1. The van der Waals surface area contributed by atoms with Crippen LogP contribution >= 0.6 is 11.6 Å². The number of carbonyl (C=O) groups excluding carboxylic acids is 1. The van der Waals surface area contributed by atoms with Crippen molar-refractivity contribution < 1.29 is 9.53 Å². The molecule has 116 valence electrons. The molecule has 1 heterocycles. The van der Waals surface area contributed by atoms with Crippen LogP contribution < -0.4 is 10.2 Å². The molecule has 5 nitrogen and oxygen atoms in total. The van der Waals surface area contributed by atoms with Gasteiger partial charge in [0.25, 0.3) is 5.91 Å². The Morgan fingerprint density at radius 2 is 2.13 bits per heavy atom. The Morgan fingerprint density at radius 3 is 3.00 bits per heavy atom. The van der Waals surface area contributed by atoms with Crippen molar-refractivity contribution >= 4 is 34.6 Å². The number of halogens is 1. The van der Waals surface area contributed by atoms with Crippen LogP contribution in [0, 0.1) is 0 Å². The maximum atomic E-state index is 11.7. The minimum atomic E-state index is -0.346. The van der Waals surface area contributed by atoms with E-state index in [2.05, 4.69) is 15.5 Å². The molecule has 0 aliphatic carbocycles. The number of nitrogens with one attached hydrogen (secondary N) is 2. The van der Waals surface area contributed by atoms with Gasteiger partial charge in [-0.3, -0.25) is 4.79 Å². The van der Waals surface area contributed by atoms with Crippen LogP contribution in [0.4, 0.5) is 0 Å². The number of hydrazone groups is 1. The summed E-state index contributed by atoms with van der Waals surface area (Å²) in [5.41, 5.74) is 4.35. The molecular weight excluding hydrogens is 314 g/mol. The van der Waals surface area contributed by atoms with Crippen LogP contribution in [0.2, 0.25) is 5.02 Å². The Labute approximate surface area is 137 Å². The smallest absolute Gasteiger partial charge is 0.277 e. The number of rotatable bonds is 5. The molecule has 0 aliphatic rings. The molecule has 0 spiro atoms. The van der Waals surface area contributed by atoms with Crippen LogP contribution in [0.5, 0.6) is 5.75 Å². The van der Waals surface area contributed by atoms with Crippen molar-refractivity contribution in [2.24, 2.45) is 5.10 Å². The number of aromatic amines is 1. The van der Waals surface area contributed by atoms with Crippen molar-refractivity contribution in [1.82, 2.24) is 10.4 Å². The summed E-state index contributed by atoms with van der Waals surface area (Å²) in [7, 11) is 0. The van der Waals surface area contributed by atoms with Gasteiger partial charge in [-0.25, -0.2) is 5.43 Å². The van der Waals surface area contributed by atoms with E-state index in [1.807, 2.05) is 30.5 Å². The van der Waals surface area contributed by atoms with E-state index in [0.717, 1.165) is 16.5 Å². The summed E-state index contributed by atoms with van der Waals surface area (Å²) in [4.78, 5) is 14.8. The van der Waals surface area contributed by atoms with Gasteiger partial charge in [-0.2, -0.15) is 5.10 Å². The number of ether oxygens (including phenoxy) is 1. The fourth-order valence-corrected chi connectivity index (χ4v) is 2.29. The lowest BCUT2D eigenvalue weighted by molar-refractivity contribution is -0.123. The number of H-pyrrole nitrogens is 1. The van der Waals surface area contributed by atoms with E-state index in [4.69, 9.17) is 16.3 Å². The maximum absolute atomic E-state index is 11.7. The Kier molecular flexibility index (Phi) is 4.59. The molecule has 1 amide bonds. The van der Waals surface area contributed by atoms with Gasteiger partial charge in [0, 0.05) is 27.7 Å². The molecule has 1 aromatic heterocycles. The minimum absolute atomic E-state index is 0.133. The Morgan fingerprint density at radius 1 is 1.26 bits per heavy atom. The molecule has 3 aromatic rings. The lowest BCUT2D eigenvalue weighted by atomic mass is 10.2. The molecular formula is C17H14ClN3O2. The SMILES string of the molecule is O=C(COc1cccc(Cl)c1)N/N=C\c1c[nH]c2ccccc12. The summed E-state index contributed by atoms with van der Waals surface area (Å²) in [5, 5.41) is 5.54. The van der Waals surface area contributed by atoms with Crippen molar-refractivity contribution in [2.45, 2.75) is 0 Å². The van der Waals surface area contributed by atoms with Crippen LogP contribution in [-0.4, -0.2) is 23.7 Å². The highest BCUT2D eigenvalue weighted by atomic mass is 35.5. The van der Waals surface area contributed by atoms with Crippen LogP contribution in [0.3, 0.4) is 0 Å². The van der Waals surface area contributed by atoms with Gasteiger partial charge in [0.2, 0.25) is 0 Å². The first-order chi connectivity index (χ1) is 11.2.